The lowest BCUT2D eigenvalue weighted by Gasteiger charge is -2.32. The van der Waals surface area contributed by atoms with Crippen molar-refractivity contribution >= 4 is 16.7 Å². The van der Waals surface area contributed by atoms with Crippen LogP contribution >= 0.6 is 0 Å². The summed E-state index contributed by atoms with van der Waals surface area (Å²) >= 11 is 0. The molecule has 3 unspecified atom stereocenters. The maximum Gasteiger partial charge on any atom is 0.227 e. The number of nitrogens with one attached hydrogen (secondary N) is 2. The summed E-state index contributed by atoms with van der Waals surface area (Å²) in [6, 6.07) is 0. The van der Waals surface area contributed by atoms with E-state index in [9.17, 15) is 9.00 Å². The monoisotopic (exact) mass is 246 g/mol. The quantitative estimate of drug-likeness (QED) is 0.748. The van der Waals surface area contributed by atoms with Gasteiger partial charge < -0.3 is 10.6 Å². The lowest BCUT2D eigenvalue weighted by molar-refractivity contribution is -0.131. The van der Waals surface area contributed by atoms with Crippen molar-refractivity contribution in [1.29, 1.82) is 0 Å². The first kappa shape index (κ1) is 13.6. The summed E-state index contributed by atoms with van der Waals surface area (Å²) in [5.74, 6) is 0.0806. The smallest absolute Gasteiger partial charge is 0.227 e. The van der Waals surface area contributed by atoms with E-state index >= 15 is 0 Å². The number of carbonyl (C=O) groups excluding carboxylic acids is 1. The van der Waals surface area contributed by atoms with Gasteiger partial charge in [0.1, 0.15) is 0 Å². The van der Waals surface area contributed by atoms with Gasteiger partial charge in [-0.05, 0) is 33.2 Å². The predicted octanol–water partition coefficient (Wildman–Crippen LogP) is 0.259. The van der Waals surface area contributed by atoms with Gasteiger partial charge in [-0.25, -0.2) is 0 Å². The van der Waals surface area contributed by atoms with E-state index in [1.807, 2.05) is 13.8 Å². The van der Waals surface area contributed by atoms with Crippen LogP contribution < -0.4 is 10.6 Å². The fraction of sp³-hybridized carbons (Fsp3) is 0.909. The third-order valence-electron chi connectivity index (χ3n) is 3.26. The second-order valence-electron chi connectivity index (χ2n) is 4.86. The zero-order valence-corrected chi connectivity index (χ0v) is 11.2. The maximum atomic E-state index is 12.0. The van der Waals surface area contributed by atoms with Gasteiger partial charge >= 0.3 is 0 Å². The highest BCUT2D eigenvalue weighted by molar-refractivity contribution is 7.84. The molecule has 1 aliphatic rings. The van der Waals surface area contributed by atoms with Gasteiger partial charge in [0.25, 0.3) is 0 Å². The molecule has 2 N–H and O–H groups in total. The highest BCUT2D eigenvalue weighted by atomic mass is 32.2. The van der Waals surface area contributed by atoms with Crippen LogP contribution in [0.4, 0.5) is 0 Å². The van der Waals surface area contributed by atoms with E-state index in [0.29, 0.717) is 6.54 Å². The third-order valence-corrected chi connectivity index (χ3v) is 4.56. The molecule has 0 aliphatic carbocycles. The Kier molecular flexibility index (Phi) is 4.92. The summed E-state index contributed by atoms with van der Waals surface area (Å²) < 4.78 is 11.2. The number of carbonyl (C=O) groups is 1. The summed E-state index contributed by atoms with van der Waals surface area (Å²) in [4.78, 5) is 12.0. The van der Waals surface area contributed by atoms with E-state index < -0.39 is 10.8 Å². The molecule has 0 aromatic carbocycles. The van der Waals surface area contributed by atoms with Crippen molar-refractivity contribution in [2.24, 2.45) is 5.41 Å². The number of amides is 1. The van der Waals surface area contributed by atoms with Gasteiger partial charge in [0.2, 0.25) is 5.91 Å². The summed E-state index contributed by atoms with van der Waals surface area (Å²) in [6.45, 7) is 6.11. The van der Waals surface area contributed by atoms with Crippen LogP contribution in [0.3, 0.4) is 0 Å². The molecule has 0 bridgehead atoms. The predicted molar refractivity (Wildman–Crippen MR) is 66.7 cm³/mol. The van der Waals surface area contributed by atoms with Gasteiger partial charge in [0, 0.05) is 35.4 Å². The number of hydrogen-bond donors (Lipinski definition) is 2. The first-order chi connectivity index (χ1) is 7.46. The second-order valence-corrected chi connectivity index (χ2v) is 6.66. The van der Waals surface area contributed by atoms with Gasteiger partial charge in [-0.1, -0.05) is 0 Å². The topological polar surface area (TPSA) is 58.2 Å². The molecule has 1 amide bonds. The lowest BCUT2D eigenvalue weighted by atomic mass is 9.82. The van der Waals surface area contributed by atoms with Crippen molar-refractivity contribution in [1.82, 2.24) is 10.6 Å². The van der Waals surface area contributed by atoms with Gasteiger partial charge in [0.15, 0.2) is 0 Å². The lowest BCUT2D eigenvalue weighted by Crippen LogP contribution is -2.50. The van der Waals surface area contributed by atoms with Crippen LogP contribution in [0, 0.1) is 5.41 Å². The molecule has 3 atom stereocenters. The fourth-order valence-corrected chi connectivity index (χ4v) is 2.14. The summed E-state index contributed by atoms with van der Waals surface area (Å²) in [5, 5.41) is 6.17. The molecule has 1 heterocycles. The maximum absolute atomic E-state index is 12.0. The Bertz CT molecular complexity index is 275. The molecule has 0 spiro atoms. The minimum absolute atomic E-state index is 0.0177. The van der Waals surface area contributed by atoms with Gasteiger partial charge in [-0.2, -0.15) is 0 Å². The molecule has 1 aliphatic heterocycles. The van der Waals surface area contributed by atoms with Crippen LogP contribution in [0.2, 0.25) is 0 Å². The average molecular weight is 246 g/mol. The van der Waals surface area contributed by atoms with E-state index in [2.05, 4.69) is 10.6 Å². The van der Waals surface area contributed by atoms with Crippen LogP contribution in [0.1, 0.15) is 26.7 Å². The van der Waals surface area contributed by atoms with Gasteiger partial charge in [-0.3, -0.25) is 9.00 Å². The van der Waals surface area contributed by atoms with E-state index in [0.717, 1.165) is 25.9 Å². The highest BCUT2D eigenvalue weighted by Gasteiger charge is 2.34. The van der Waals surface area contributed by atoms with Crippen LogP contribution in [-0.4, -0.2) is 41.3 Å². The number of hydrogen-bond acceptors (Lipinski definition) is 3. The molecule has 1 rings (SSSR count). The Hall–Kier alpha value is -0.420. The zero-order chi connectivity index (χ0) is 12.2. The molecule has 4 nitrogen and oxygen atoms in total. The molecule has 0 aromatic rings. The normalized spacial score (nSPS) is 29.4. The van der Waals surface area contributed by atoms with E-state index in [1.165, 1.54) is 0 Å². The first-order valence-corrected chi connectivity index (χ1v) is 7.39. The Morgan fingerprint density at radius 2 is 2.31 bits per heavy atom. The molecule has 94 valence electrons. The van der Waals surface area contributed by atoms with Gasteiger partial charge in [-0.15, -0.1) is 0 Å². The Morgan fingerprint density at radius 1 is 1.62 bits per heavy atom. The van der Waals surface area contributed by atoms with E-state index in [1.54, 1.807) is 6.26 Å². The van der Waals surface area contributed by atoms with E-state index in [-0.39, 0.29) is 16.6 Å². The van der Waals surface area contributed by atoms with Crippen molar-refractivity contribution in [2.75, 3.05) is 25.9 Å². The van der Waals surface area contributed by atoms with E-state index in [4.69, 9.17) is 0 Å². The zero-order valence-electron chi connectivity index (χ0n) is 10.3. The van der Waals surface area contributed by atoms with Crippen molar-refractivity contribution in [2.45, 2.75) is 31.9 Å². The molecular formula is C11H22N2O2S. The largest absolute Gasteiger partial charge is 0.354 e. The summed E-state index contributed by atoms with van der Waals surface area (Å²) in [6.07, 6.45) is 3.63. The Labute approximate surface area is 100 Å². The van der Waals surface area contributed by atoms with Crippen LogP contribution in [0.5, 0.6) is 0 Å². The van der Waals surface area contributed by atoms with Crippen LogP contribution in [-0.2, 0) is 15.6 Å². The van der Waals surface area contributed by atoms with Gasteiger partial charge in [0.05, 0.1) is 5.41 Å². The molecular weight excluding hydrogens is 224 g/mol. The fourth-order valence-electron chi connectivity index (χ4n) is 1.82. The van der Waals surface area contributed by atoms with Crippen molar-refractivity contribution in [3.8, 4) is 0 Å². The highest BCUT2D eigenvalue weighted by Crippen LogP contribution is 2.25. The summed E-state index contributed by atoms with van der Waals surface area (Å²) in [5.41, 5.74) is -0.298. The molecule has 16 heavy (non-hydrogen) atoms. The second kappa shape index (κ2) is 5.77. The molecule has 0 aromatic heterocycles. The standard InChI is InChI=1S/C11H22N2O2S/c1-9(16(3)15)7-13-10(14)11(2)5-4-6-12-8-11/h9,12H,4-8H2,1-3H3,(H,13,14). The SMILES string of the molecule is CC(CNC(=O)C1(C)CCCNC1)S(C)=O. The van der Waals surface area contributed by atoms with Crippen LogP contribution in [0.25, 0.3) is 0 Å². The number of rotatable bonds is 4. The van der Waals surface area contributed by atoms with Crippen LogP contribution in [0.15, 0.2) is 0 Å². The summed E-state index contributed by atoms with van der Waals surface area (Å²) in [7, 11) is -0.876. The molecule has 1 saturated heterocycles. The molecule has 0 radical (unpaired) electrons. The Morgan fingerprint density at radius 3 is 2.81 bits per heavy atom. The average Bonchev–Trinajstić information content (AvgIpc) is 2.26. The van der Waals surface area contributed by atoms with Crippen molar-refractivity contribution in [3.05, 3.63) is 0 Å². The minimum atomic E-state index is -0.876. The minimum Gasteiger partial charge on any atom is -0.354 e. The third kappa shape index (κ3) is 3.56. The first-order valence-electron chi connectivity index (χ1n) is 5.77. The Balaban J connectivity index is 2.42. The molecule has 5 heteroatoms. The molecule has 1 fully saturated rings. The number of piperidine rings is 1. The van der Waals surface area contributed by atoms with Crippen molar-refractivity contribution in [3.63, 3.8) is 0 Å². The van der Waals surface area contributed by atoms with Crippen molar-refractivity contribution < 1.29 is 9.00 Å². The molecule has 0 saturated carbocycles.